The largest absolute Gasteiger partial charge is 0.481 e. The highest BCUT2D eigenvalue weighted by Gasteiger charge is 2.40. The second-order valence-corrected chi connectivity index (χ2v) is 6.48. The lowest BCUT2D eigenvalue weighted by Gasteiger charge is -2.32. The van der Waals surface area contributed by atoms with Gasteiger partial charge in [0, 0.05) is 18.5 Å². The van der Waals surface area contributed by atoms with E-state index >= 15 is 0 Å². The lowest BCUT2D eigenvalue weighted by molar-refractivity contribution is -0.151. The van der Waals surface area contributed by atoms with E-state index in [-0.39, 0.29) is 0 Å². The number of fused-ring (bicyclic) bond motifs is 1. The molecule has 0 unspecified atom stereocenters. The van der Waals surface area contributed by atoms with Crippen LogP contribution >= 0.6 is 11.6 Å². The third kappa shape index (κ3) is 2.53. The maximum absolute atomic E-state index is 11.8. The van der Waals surface area contributed by atoms with Gasteiger partial charge in [-0.1, -0.05) is 30.9 Å². The van der Waals surface area contributed by atoms with Crippen LogP contribution in [0.5, 0.6) is 0 Å². The number of hydrogen-bond acceptors (Lipinski definition) is 2. The van der Waals surface area contributed by atoms with Crippen LogP contribution in [-0.4, -0.2) is 20.6 Å². The summed E-state index contributed by atoms with van der Waals surface area (Å²) in [4.78, 5) is 16.4. The molecule has 0 amide bonds. The second-order valence-electron chi connectivity index (χ2n) is 6.04. The van der Waals surface area contributed by atoms with Crippen LogP contribution in [0.3, 0.4) is 0 Å². The Hall–Kier alpha value is -1.55. The first kappa shape index (κ1) is 14.4. The minimum absolute atomic E-state index is 0.491. The smallest absolute Gasteiger partial charge is 0.310 e. The van der Waals surface area contributed by atoms with Crippen molar-refractivity contribution in [2.24, 2.45) is 12.5 Å². The Balaban J connectivity index is 2.00. The van der Waals surface area contributed by atoms with Crippen molar-refractivity contribution in [2.45, 2.75) is 38.5 Å². The maximum atomic E-state index is 11.8. The summed E-state index contributed by atoms with van der Waals surface area (Å²) >= 11 is 6.03. The topological polar surface area (TPSA) is 55.1 Å². The van der Waals surface area contributed by atoms with Crippen LogP contribution in [0.25, 0.3) is 11.0 Å². The lowest BCUT2D eigenvalue weighted by Crippen LogP contribution is -2.36. The number of hydrogen-bond donors (Lipinski definition) is 1. The summed E-state index contributed by atoms with van der Waals surface area (Å²) in [6.45, 7) is 0. The molecule has 0 radical (unpaired) electrons. The first-order valence-corrected chi connectivity index (χ1v) is 7.74. The Morgan fingerprint density at radius 2 is 2.10 bits per heavy atom. The molecule has 0 spiro atoms. The van der Waals surface area contributed by atoms with Crippen molar-refractivity contribution in [1.82, 2.24) is 9.55 Å². The van der Waals surface area contributed by atoms with Crippen molar-refractivity contribution >= 4 is 28.6 Å². The second kappa shape index (κ2) is 5.34. The van der Waals surface area contributed by atoms with Gasteiger partial charge >= 0.3 is 5.97 Å². The molecule has 0 aliphatic heterocycles. The van der Waals surface area contributed by atoms with E-state index in [0.717, 1.165) is 49.0 Å². The van der Waals surface area contributed by atoms with Crippen LogP contribution < -0.4 is 0 Å². The highest BCUT2D eigenvalue weighted by atomic mass is 35.5. The molecule has 1 aromatic carbocycles. The molecule has 1 fully saturated rings. The average Bonchev–Trinajstić information content (AvgIpc) is 2.76. The molecule has 0 bridgehead atoms. The van der Waals surface area contributed by atoms with Gasteiger partial charge in [-0.15, -0.1) is 0 Å². The van der Waals surface area contributed by atoms with Gasteiger partial charge in [0.05, 0.1) is 16.4 Å². The summed E-state index contributed by atoms with van der Waals surface area (Å²) < 4.78 is 1.97. The van der Waals surface area contributed by atoms with Gasteiger partial charge in [-0.05, 0) is 31.0 Å². The molecule has 0 saturated heterocycles. The van der Waals surface area contributed by atoms with Crippen molar-refractivity contribution in [1.29, 1.82) is 0 Å². The van der Waals surface area contributed by atoms with Gasteiger partial charge in [-0.3, -0.25) is 4.79 Å². The van der Waals surface area contributed by atoms with Gasteiger partial charge in [0.25, 0.3) is 0 Å². The average molecular weight is 307 g/mol. The Morgan fingerprint density at radius 3 is 2.76 bits per heavy atom. The zero-order valence-corrected chi connectivity index (χ0v) is 12.9. The summed E-state index contributed by atoms with van der Waals surface area (Å²) in [5.74, 6) is 0.142. The Bertz CT molecular complexity index is 687. The van der Waals surface area contributed by atoms with E-state index in [4.69, 9.17) is 11.6 Å². The van der Waals surface area contributed by atoms with Crippen LogP contribution in [0.1, 0.15) is 37.9 Å². The van der Waals surface area contributed by atoms with Gasteiger partial charge in [0.1, 0.15) is 5.82 Å². The number of halogens is 1. The monoisotopic (exact) mass is 306 g/mol. The van der Waals surface area contributed by atoms with Crippen LogP contribution in [0, 0.1) is 5.41 Å². The molecule has 1 aliphatic rings. The zero-order valence-electron chi connectivity index (χ0n) is 12.1. The van der Waals surface area contributed by atoms with E-state index in [1.807, 2.05) is 29.8 Å². The minimum atomic E-state index is -0.688. The molecular weight excluding hydrogens is 288 g/mol. The maximum Gasteiger partial charge on any atom is 0.310 e. The molecule has 21 heavy (non-hydrogen) atoms. The molecule has 2 aromatic rings. The number of aromatic nitrogens is 2. The Morgan fingerprint density at radius 1 is 1.38 bits per heavy atom. The number of aliphatic carboxylic acids is 1. The number of aryl methyl sites for hydroxylation is 1. The summed E-state index contributed by atoms with van der Waals surface area (Å²) in [5, 5.41) is 10.4. The number of imidazole rings is 1. The molecule has 1 N–H and O–H groups in total. The Labute approximate surface area is 128 Å². The number of benzene rings is 1. The van der Waals surface area contributed by atoms with Gasteiger partial charge in [0.2, 0.25) is 0 Å². The fraction of sp³-hybridized carbons (Fsp3) is 0.500. The fourth-order valence-corrected chi connectivity index (χ4v) is 3.53. The third-order valence-electron chi connectivity index (χ3n) is 4.70. The first-order valence-electron chi connectivity index (χ1n) is 7.36. The van der Waals surface area contributed by atoms with Gasteiger partial charge in [-0.2, -0.15) is 0 Å². The third-order valence-corrected chi connectivity index (χ3v) is 4.93. The van der Waals surface area contributed by atoms with Gasteiger partial charge in [-0.25, -0.2) is 4.98 Å². The molecule has 1 saturated carbocycles. The predicted octanol–water partition coefficient (Wildman–Crippen LogP) is 3.80. The standard InChI is InChI=1S/C16H19ClN2O2/c1-19-13-9-11(17)5-6-12(13)18-14(19)10-16(15(20)21)7-3-2-4-8-16/h5-6,9H,2-4,7-8,10H2,1H3,(H,20,21). The lowest BCUT2D eigenvalue weighted by atomic mass is 9.71. The summed E-state index contributed by atoms with van der Waals surface area (Å²) in [6.07, 6.45) is 5.08. The molecule has 0 atom stereocenters. The predicted molar refractivity (Wildman–Crippen MR) is 82.6 cm³/mol. The number of carbonyl (C=O) groups is 1. The van der Waals surface area contributed by atoms with Crippen molar-refractivity contribution in [3.05, 3.63) is 29.0 Å². The highest BCUT2D eigenvalue weighted by molar-refractivity contribution is 6.31. The molecule has 1 heterocycles. The highest BCUT2D eigenvalue weighted by Crippen LogP contribution is 2.39. The van der Waals surface area contributed by atoms with Crippen molar-refractivity contribution in [3.63, 3.8) is 0 Å². The van der Waals surface area contributed by atoms with E-state index in [9.17, 15) is 9.90 Å². The van der Waals surface area contributed by atoms with E-state index in [1.165, 1.54) is 0 Å². The van der Waals surface area contributed by atoms with Crippen molar-refractivity contribution < 1.29 is 9.90 Å². The normalized spacial score (nSPS) is 18.0. The molecule has 1 aliphatic carbocycles. The van der Waals surface area contributed by atoms with Crippen LogP contribution in [0.4, 0.5) is 0 Å². The van der Waals surface area contributed by atoms with E-state index < -0.39 is 11.4 Å². The summed E-state index contributed by atoms with van der Waals surface area (Å²) in [7, 11) is 1.93. The van der Waals surface area contributed by atoms with E-state index in [1.54, 1.807) is 0 Å². The van der Waals surface area contributed by atoms with Crippen LogP contribution in [0.2, 0.25) is 5.02 Å². The molecule has 3 rings (SSSR count). The molecular formula is C16H19ClN2O2. The number of carboxylic acids is 1. The molecule has 112 valence electrons. The molecule has 5 heteroatoms. The molecule has 1 aromatic heterocycles. The van der Waals surface area contributed by atoms with Crippen LogP contribution in [-0.2, 0) is 18.3 Å². The minimum Gasteiger partial charge on any atom is -0.481 e. The first-order chi connectivity index (χ1) is 10.0. The SMILES string of the molecule is Cn1c(CC2(C(=O)O)CCCCC2)nc2ccc(Cl)cc21. The fourth-order valence-electron chi connectivity index (χ4n) is 3.37. The summed E-state index contributed by atoms with van der Waals surface area (Å²) in [5.41, 5.74) is 1.17. The van der Waals surface area contributed by atoms with Crippen LogP contribution in [0.15, 0.2) is 18.2 Å². The van der Waals surface area contributed by atoms with Gasteiger partial charge < -0.3 is 9.67 Å². The van der Waals surface area contributed by atoms with Gasteiger partial charge in [0.15, 0.2) is 0 Å². The molecule has 4 nitrogen and oxygen atoms in total. The van der Waals surface area contributed by atoms with E-state index in [2.05, 4.69) is 4.98 Å². The van der Waals surface area contributed by atoms with Crippen molar-refractivity contribution in [2.75, 3.05) is 0 Å². The van der Waals surface area contributed by atoms with E-state index in [0.29, 0.717) is 11.4 Å². The zero-order chi connectivity index (χ0) is 15.0. The number of carboxylic acid groups (broad SMARTS) is 1. The van der Waals surface area contributed by atoms with Crippen molar-refractivity contribution in [3.8, 4) is 0 Å². The number of rotatable bonds is 3. The Kier molecular flexibility index (Phi) is 3.66. The summed E-state index contributed by atoms with van der Waals surface area (Å²) in [6, 6.07) is 5.57. The number of nitrogens with zero attached hydrogens (tertiary/aromatic N) is 2. The quantitative estimate of drug-likeness (QED) is 0.938.